The fourth-order valence-electron chi connectivity index (χ4n) is 1.49. The topological polar surface area (TPSA) is 126 Å². The van der Waals surface area contributed by atoms with E-state index in [9.17, 15) is 9.59 Å². The average molecular weight is 386 g/mol. The molecule has 9 heteroatoms. The molecule has 2 heterocycles. The first-order valence-electron chi connectivity index (χ1n) is 7.98. The van der Waals surface area contributed by atoms with Crippen LogP contribution in [-0.2, 0) is 9.53 Å². The van der Waals surface area contributed by atoms with Gasteiger partial charge in [-0.25, -0.2) is 4.79 Å². The Balaban J connectivity index is 0. The van der Waals surface area contributed by atoms with Crippen molar-refractivity contribution >= 4 is 28.1 Å². The minimum Gasteiger partial charge on any atom is -0.462 e. The Morgan fingerprint density at radius 3 is 2.15 bits per heavy atom. The molecule has 2 aromatic heterocycles. The summed E-state index contributed by atoms with van der Waals surface area (Å²) in [5.74, 6) is -0.368. The fourth-order valence-corrected chi connectivity index (χ4v) is 2.47. The zero-order valence-corrected chi connectivity index (χ0v) is 16.4. The number of nitrogens with zero attached hydrogens (tertiary/aromatic N) is 3. The number of Topliss-reactive ketones (excluding diaryl/α,β-unsaturated/α-hetero) is 1. The van der Waals surface area contributed by atoms with Crippen LogP contribution in [0.25, 0.3) is 5.00 Å². The first kappa shape index (κ1) is 26.0. The van der Waals surface area contributed by atoms with Crippen molar-refractivity contribution in [2.45, 2.75) is 55.0 Å². The normalized spacial score (nSPS) is 10.3. The van der Waals surface area contributed by atoms with E-state index in [1.807, 2.05) is 13.8 Å². The Morgan fingerprint density at radius 2 is 1.77 bits per heavy atom. The van der Waals surface area contributed by atoms with Gasteiger partial charge in [-0.2, -0.15) is 10.2 Å². The van der Waals surface area contributed by atoms with E-state index < -0.39 is 5.97 Å². The number of aromatic nitrogens is 3. The molecule has 148 valence electrons. The first-order valence-corrected chi connectivity index (χ1v) is 8.79. The lowest BCUT2D eigenvalue weighted by molar-refractivity contribution is -0.117. The lowest BCUT2D eigenvalue weighted by Gasteiger charge is -2.02. The average Bonchev–Trinajstić information content (AvgIpc) is 3.18. The second-order valence-electron chi connectivity index (χ2n) is 4.71. The van der Waals surface area contributed by atoms with E-state index in [1.54, 1.807) is 33.2 Å². The van der Waals surface area contributed by atoms with Crippen molar-refractivity contribution < 1.29 is 14.3 Å². The van der Waals surface area contributed by atoms with Gasteiger partial charge < -0.3 is 16.2 Å². The summed E-state index contributed by atoms with van der Waals surface area (Å²) >= 11 is 1.27. The molecule has 8 nitrogen and oxygen atoms in total. The molecule has 1 unspecified atom stereocenters. The summed E-state index contributed by atoms with van der Waals surface area (Å²) in [5, 5.41) is 9.19. The second kappa shape index (κ2) is 13.0. The van der Waals surface area contributed by atoms with Crippen molar-refractivity contribution in [3.8, 4) is 5.00 Å². The number of ketones is 1. The van der Waals surface area contributed by atoms with Gasteiger partial charge in [-0.1, -0.05) is 32.6 Å². The van der Waals surface area contributed by atoms with Gasteiger partial charge in [0, 0.05) is 5.56 Å². The summed E-state index contributed by atoms with van der Waals surface area (Å²) in [6, 6.07) is -0.287. The molecule has 2 rings (SSSR count). The van der Waals surface area contributed by atoms with Crippen LogP contribution in [0.1, 0.15) is 58.0 Å². The molecular formula is C17H31N5O3S. The van der Waals surface area contributed by atoms with Gasteiger partial charge in [0.1, 0.15) is 15.8 Å². The van der Waals surface area contributed by atoms with Crippen LogP contribution in [0.4, 0.5) is 5.00 Å². The van der Waals surface area contributed by atoms with Gasteiger partial charge in [-0.3, -0.25) is 4.79 Å². The summed E-state index contributed by atoms with van der Waals surface area (Å²) in [5.41, 5.74) is 12.1. The highest BCUT2D eigenvalue weighted by atomic mass is 32.1. The highest BCUT2D eigenvalue weighted by Gasteiger charge is 2.22. The lowest BCUT2D eigenvalue weighted by atomic mass is 10.2. The van der Waals surface area contributed by atoms with E-state index in [-0.39, 0.29) is 19.3 Å². The Bertz CT molecular complexity index is 666. The van der Waals surface area contributed by atoms with Gasteiger partial charge in [-0.05, 0) is 27.7 Å². The van der Waals surface area contributed by atoms with Gasteiger partial charge in [-0.15, -0.1) is 4.80 Å². The van der Waals surface area contributed by atoms with Crippen LogP contribution < -0.4 is 11.5 Å². The molecule has 2 aromatic rings. The number of hydrogen-bond acceptors (Lipinski definition) is 8. The van der Waals surface area contributed by atoms with E-state index in [4.69, 9.17) is 16.2 Å². The number of ether oxygens (including phenoxy) is 1. The number of thiophene rings is 1. The van der Waals surface area contributed by atoms with Crippen molar-refractivity contribution in [3.63, 3.8) is 0 Å². The third-order valence-electron chi connectivity index (χ3n) is 2.87. The minimum atomic E-state index is -0.405. The predicted molar refractivity (Wildman–Crippen MR) is 107 cm³/mol. The van der Waals surface area contributed by atoms with Crippen molar-refractivity contribution in [1.29, 1.82) is 0 Å². The largest absolute Gasteiger partial charge is 0.462 e. The van der Waals surface area contributed by atoms with Crippen molar-refractivity contribution in [3.05, 3.63) is 23.5 Å². The van der Waals surface area contributed by atoms with Gasteiger partial charge in [0.05, 0.1) is 30.6 Å². The molecule has 0 bridgehead atoms. The number of nitrogen functional groups attached to an aromatic ring is 1. The third kappa shape index (κ3) is 7.32. The number of carbonyl (C=O) groups excluding carboxylic acids is 2. The molecule has 26 heavy (non-hydrogen) atoms. The lowest BCUT2D eigenvalue weighted by Crippen LogP contribution is -2.23. The molecule has 0 aliphatic carbocycles. The van der Waals surface area contributed by atoms with E-state index in [2.05, 4.69) is 10.2 Å². The van der Waals surface area contributed by atoms with Crippen molar-refractivity contribution in [2.24, 2.45) is 5.73 Å². The number of carbonyl (C=O) groups is 2. The summed E-state index contributed by atoms with van der Waals surface area (Å²) < 4.78 is 4.96. The van der Waals surface area contributed by atoms with Gasteiger partial charge >= 0.3 is 5.97 Å². The Labute approximate surface area is 159 Å². The highest BCUT2D eigenvalue weighted by molar-refractivity contribution is 7.19. The van der Waals surface area contributed by atoms with Crippen LogP contribution in [0.2, 0.25) is 0 Å². The molecule has 1 atom stereocenters. The molecule has 0 radical (unpaired) electrons. The molecular weight excluding hydrogens is 354 g/mol. The number of hydrogen-bond donors (Lipinski definition) is 2. The molecule has 4 N–H and O–H groups in total. The molecule has 0 aromatic carbocycles. The zero-order chi connectivity index (χ0) is 19.6. The Kier molecular flexibility index (Phi) is 13.0. The summed E-state index contributed by atoms with van der Waals surface area (Å²) in [6.45, 7) is 11.0. The van der Waals surface area contributed by atoms with Gasteiger partial charge in [0.25, 0.3) is 0 Å². The maximum Gasteiger partial charge on any atom is 0.341 e. The quantitative estimate of drug-likeness (QED) is 0.775. The fraction of sp³-hybridized carbons (Fsp3) is 0.529. The number of anilines is 1. The van der Waals surface area contributed by atoms with Crippen molar-refractivity contribution in [2.75, 3.05) is 12.3 Å². The smallest absolute Gasteiger partial charge is 0.341 e. The molecule has 0 amide bonds. The molecule has 0 saturated heterocycles. The molecule has 0 saturated carbocycles. The van der Waals surface area contributed by atoms with E-state index in [0.717, 1.165) is 10.6 Å². The number of nitrogens with two attached hydrogens (primary N) is 2. The first-order chi connectivity index (χ1) is 11.8. The number of rotatable bonds is 4. The Hall–Kier alpha value is -2.26. The predicted octanol–water partition coefficient (Wildman–Crippen LogP) is 2.98. The third-order valence-corrected chi connectivity index (χ3v) is 3.96. The monoisotopic (exact) mass is 385 g/mol. The van der Waals surface area contributed by atoms with Crippen LogP contribution >= 0.6 is 11.3 Å². The summed E-state index contributed by atoms with van der Waals surface area (Å²) in [4.78, 5) is 23.2. The Morgan fingerprint density at radius 1 is 1.31 bits per heavy atom. The molecule has 0 aliphatic rings. The van der Waals surface area contributed by atoms with Crippen molar-refractivity contribution in [1.82, 2.24) is 15.0 Å². The van der Waals surface area contributed by atoms with Crippen LogP contribution in [0.15, 0.2) is 12.4 Å². The number of esters is 1. The molecule has 0 aliphatic heterocycles. The maximum atomic E-state index is 11.7. The van der Waals surface area contributed by atoms with Crippen LogP contribution in [0.3, 0.4) is 0 Å². The van der Waals surface area contributed by atoms with E-state index >= 15 is 0 Å². The SMILES string of the molecule is C.CC.CC(=O)C(C)N.CCOC(=O)c1c(N)sc(-n2nccn2)c1C. The molecule has 0 fully saturated rings. The van der Waals surface area contributed by atoms with E-state index in [1.165, 1.54) is 23.1 Å². The van der Waals surface area contributed by atoms with Gasteiger partial charge in [0.2, 0.25) is 0 Å². The standard InChI is InChI=1S/C10H12N4O2S.C4H9NO.C2H6.CH4/c1-3-16-10(15)7-6(2)9(17-8(7)11)14-12-4-5-13-14;1-3(5)4(2)6;1-2;/h4-5H,3,11H2,1-2H3;3H,5H2,1-2H3;1-2H3;1H4. The minimum absolute atomic E-state index is 0. The van der Waals surface area contributed by atoms with E-state index in [0.29, 0.717) is 17.2 Å². The molecule has 0 spiro atoms. The van der Waals surface area contributed by atoms with Gasteiger partial charge in [0.15, 0.2) is 0 Å². The highest BCUT2D eigenvalue weighted by Crippen LogP contribution is 2.33. The van der Waals surface area contributed by atoms with Crippen LogP contribution in [-0.4, -0.2) is 39.4 Å². The maximum absolute atomic E-state index is 11.7. The summed E-state index contributed by atoms with van der Waals surface area (Å²) in [6.07, 6.45) is 3.14. The van der Waals surface area contributed by atoms with Crippen LogP contribution in [0, 0.1) is 6.92 Å². The van der Waals surface area contributed by atoms with Crippen LogP contribution in [0.5, 0.6) is 0 Å². The summed E-state index contributed by atoms with van der Waals surface area (Å²) in [7, 11) is 0. The zero-order valence-electron chi connectivity index (χ0n) is 15.6. The second-order valence-corrected chi connectivity index (χ2v) is 5.74.